The molecule has 0 amide bonds. The number of nitriles is 1. The Hall–Kier alpha value is -1.21. The molecule has 0 aliphatic carbocycles. The van der Waals surface area contributed by atoms with Gasteiger partial charge in [-0.3, -0.25) is 0 Å². The van der Waals surface area contributed by atoms with Gasteiger partial charge in [-0.05, 0) is 37.5 Å². The Balaban J connectivity index is 2.47. The van der Waals surface area contributed by atoms with Crippen molar-refractivity contribution in [2.45, 2.75) is 19.4 Å². The molecular formula is C11H15N3S. The average Bonchev–Trinajstić information content (AvgIpc) is 2.27. The minimum Gasteiger partial charge on any atom is -0.381 e. The third-order valence-electron chi connectivity index (χ3n) is 2.05. The summed E-state index contributed by atoms with van der Waals surface area (Å²) < 4.78 is 0. The molecule has 1 heterocycles. The first-order valence-electron chi connectivity index (χ1n) is 4.88. The third kappa shape index (κ3) is 4.22. The van der Waals surface area contributed by atoms with Crippen molar-refractivity contribution in [3.05, 3.63) is 24.0 Å². The number of aromatic nitrogens is 1. The van der Waals surface area contributed by atoms with Gasteiger partial charge in [0.25, 0.3) is 0 Å². The van der Waals surface area contributed by atoms with Crippen molar-refractivity contribution in [2.75, 3.05) is 17.3 Å². The molecule has 3 nitrogen and oxygen atoms in total. The zero-order valence-electron chi connectivity index (χ0n) is 9.03. The summed E-state index contributed by atoms with van der Waals surface area (Å²) in [4.78, 5) is 4.00. The van der Waals surface area contributed by atoms with E-state index in [4.69, 9.17) is 5.26 Å². The molecule has 80 valence electrons. The SMILES string of the molecule is CSCCC(C)Nc1ccc(C#N)nc1. The molecular weight excluding hydrogens is 206 g/mol. The first-order valence-corrected chi connectivity index (χ1v) is 6.27. The van der Waals surface area contributed by atoms with Crippen LogP contribution in [0.5, 0.6) is 0 Å². The van der Waals surface area contributed by atoms with Crippen LogP contribution in [-0.2, 0) is 0 Å². The van der Waals surface area contributed by atoms with Gasteiger partial charge in [-0.1, -0.05) is 0 Å². The highest BCUT2D eigenvalue weighted by molar-refractivity contribution is 7.98. The first-order chi connectivity index (χ1) is 7.26. The highest BCUT2D eigenvalue weighted by Gasteiger charge is 2.01. The summed E-state index contributed by atoms with van der Waals surface area (Å²) in [6.07, 6.45) is 4.94. The van der Waals surface area contributed by atoms with Gasteiger partial charge in [0.1, 0.15) is 11.8 Å². The van der Waals surface area contributed by atoms with Gasteiger partial charge in [0.15, 0.2) is 0 Å². The smallest absolute Gasteiger partial charge is 0.140 e. The van der Waals surface area contributed by atoms with E-state index in [2.05, 4.69) is 23.5 Å². The van der Waals surface area contributed by atoms with Gasteiger partial charge in [0, 0.05) is 6.04 Å². The van der Waals surface area contributed by atoms with E-state index in [0.717, 1.165) is 17.9 Å². The van der Waals surface area contributed by atoms with E-state index in [1.165, 1.54) is 0 Å². The summed E-state index contributed by atoms with van der Waals surface area (Å²) >= 11 is 1.85. The van der Waals surface area contributed by atoms with Crippen LogP contribution in [0.15, 0.2) is 18.3 Å². The number of nitrogens with zero attached hydrogens (tertiary/aromatic N) is 2. The van der Waals surface area contributed by atoms with Gasteiger partial charge in [0.2, 0.25) is 0 Å². The van der Waals surface area contributed by atoms with Gasteiger partial charge < -0.3 is 5.32 Å². The van der Waals surface area contributed by atoms with E-state index < -0.39 is 0 Å². The lowest BCUT2D eigenvalue weighted by Gasteiger charge is -2.13. The van der Waals surface area contributed by atoms with Crippen molar-refractivity contribution in [3.8, 4) is 6.07 Å². The summed E-state index contributed by atoms with van der Waals surface area (Å²) in [5.41, 5.74) is 1.43. The quantitative estimate of drug-likeness (QED) is 0.830. The lowest BCUT2D eigenvalue weighted by atomic mass is 10.2. The van der Waals surface area contributed by atoms with Crippen molar-refractivity contribution in [1.82, 2.24) is 4.98 Å². The highest BCUT2D eigenvalue weighted by Crippen LogP contribution is 2.10. The van der Waals surface area contributed by atoms with E-state index in [0.29, 0.717) is 11.7 Å². The monoisotopic (exact) mass is 221 g/mol. The number of pyridine rings is 1. The fourth-order valence-corrected chi connectivity index (χ4v) is 1.79. The number of hydrogen-bond acceptors (Lipinski definition) is 4. The summed E-state index contributed by atoms with van der Waals surface area (Å²) in [5, 5.41) is 11.9. The molecule has 15 heavy (non-hydrogen) atoms. The van der Waals surface area contributed by atoms with Crippen LogP contribution in [0.1, 0.15) is 19.0 Å². The Morgan fingerprint density at radius 2 is 2.40 bits per heavy atom. The predicted octanol–water partition coefficient (Wildman–Crippen LogP) is 2.51. The van der Waals surface area contributed by atoms with Crippen molar-refractivity contribution in [2.24, 2.45) is 0 Å². The fourth-order valence-electron chi connectivity index (χ4n) is 1.20. The van der Waals surface area contributed by atoms with Crippen LogP contribution in [0.25, 0.3) is 0 Å². The molecule has 1 N–H and O–H groups in total. The van der Waals surface area contributed by atoms with Crippen molar-refractivity contribution in [3.63, 3.8) is 0 Å². The second kappa shape index (κ2) is 6.31. The zero-order valence-corrected chi connectivity index (χ0v) is 9.84. The number of rotatable bonds is 5. The molecule has 0 spiro atoms. The molecule has 1 atom stereocenters. The van der Waals surface area contributed by atoms with Crippen molar-refractivity contribution >= 4 is 17.4 Å². The lowest BCUT2D eigenvalue weighted by Crippen LogP contribution is -2.15. The van der Waals surface area contributed by atoms with E-state index in [-0.39, 0.29) is 0 Å². The van der Waals surface area contributed by atoms with E-state index in [1.807, 2.05) is 23.9 Å². The molecule has 4 heteroatoms. The molecule has 0 saturated carbocycles. The van der Waals surface area contributed by atoms with Crippen LogP contribution in [0.4, 0.5) is 5.69 Å². The summed E-state index contributed by atoms with van der Waals surface area (Å²) in [6, 6.07) is 6.05. The van der Waals surface area contributed by atoms with Crippen LogP contribution in [0, 0.1) is 11.3 Å². The van der Waals surface area contributed by atoms with Crippen LogP contribution in [0.2, 0.25) is 0 Å². The molecule has 0 radical (unpaired) electrons. The maximum atomic E-state index is 8.59. The summed E-state index contributed by atoms with van der Waals surface area (Å²) in [7, 11) is 0. The highest BCUT2D eigenvalue weighted by atomic mass is 32.2. The molecule has 0 aliphatic heterocycles. The second-order valence-electron chi connectivity index (χ2n) is 3.37. The normalized spacial score (nSPS) is 11.8. The predicted molar refractivity (Wildman–Crippen MR) is 65.0 cm³/mol. The van der Waals surface area contributed by atoms with E-state index >= 15 is 0 Å². The maximum absolute atomic E-state index is 8.59. The molecule has 0 aromatic carbocycles. The zero-order chi connectivity index (χ0) is 11.1. The van der Waals surface area contributed by atoms with Crippen LogP contribution >= 0.6 is 11.8 Å². The van der Waals surface area contributed by atoms with Crippen molar-refractivity contribution < 1.29 is 0 Å². The molecule has 1 aromatic rings. The molecule has 1 rings (SSSR count). The molecule has 1 unspecified atom stereocenters. The maximum Gasteiger partial charge on any atom is 0.140 e. The Bertz CT molecular complexity index is 329. The lowest BCUT2D eigenvalue weighted by molar-refractivity contribution is 0.771. The largest absolute Gasteiger partial charge is 0.381 e. The summed E-state index contributed by atoms with van der Waals surface area (Å²) in [5.74, 6) is 1.15. The Labute approximate surface area is 94.9 Å². The summed E-state index contributed by atoms with van der Waals surface area (Å²) in [6.45, 7) is 2.15. The van der Waals surface area contributed by atoms with Gasteiger partial charge in [-0.25, -0.2) is 4.98 Å². The second-order valence-corrected chi connectivity index (χ2v) is 4.36. The number of anilines is 1. The van der Waals surface area contributed by atoms with Gasteiger partial charge >= 0.3 is 0 Å². The van der Waals surface area contributed by atoms with Crippen molar-refractivity contribution in [1.29, 1.82) is 5.26 Å². The molecule has 0 bridgehead atoms. The molecule has 0 fully saturated rings. The Morgan fingerprint density at radius 3 is 2.93 bits per heavy atom. The molecule has 1 aromatic heterocycles. The fraction of sp³-hybridized carbons (Fsp3) is 0.455. The number of nitrogens with one attached hydrogen (secondary N) is 1. The minimum absolute atomic E-state index is 0.437. The van der Waals surface area contributed by atoms with Crippen LogP contribution < -0.4 is 5.32 Å². The van der Waals surface area contributed by atoms with Gasteiger partial charge in [0.05, 0.1) is 11.9 Å². The number of thioether (sulfide) groups is 1. The molecule has 0 aliphatic rings. The van der Waals surface area contributed by atoms with E-state index in [9.17, 15) is 0 Å². The minimum atomic E-state index is 0.437. The van der Waals surface area contributed by atoms with E-state index in [1.54, 1.807) is 12.3 Å². The third-order valence-corrected chi connectivity index (χ3v) is 2.69. The number of hydrogen-bond donors (Lipinski definition) is 1. The van der Waals surface area contributed by atoms with Crippen LogP contribution in [-0.4, -0.2) is 23.0 Å². The first kappa shape index (κ1) is 11.9. The molecule has 0 saturated heterocycles. The van der Waals surface area contributed by atoms with Crippen LogP contribution in [0.3, 0.4) is 0 Å². The topological polar surface area (TPSA) is 48.7 Å². The van der Waals surface area contributed by atoms with Gasteiger partial charge in [-0.2, -0.15) is 17.0 Å². The standard InChI is InChI=1S/C11H15N3S/c1-9(5-6-15-2)14-11-4-3-10(7-12)13-8-11/h3-4,8-9,14H,5-6H2,1-2H3. The average molecular weight is 221 g/mol. The Morgan fingerprint density at radius 1 is 1.60 bits per heavy atom. The van der Waals surface area contributed by atoms with Gasteiger partial charge in [-0.15, -0.1) is 0 Å². The Kier molecular flexibility index (Phi) is 4.99.